The Morgan fingerprint density at radius 2 is 1.91 bits per heavy atom. The van der Waals surface area contributed by atoms with Gasteiger partial charge in [-0.15, -0.1) is 0 Å². The fraction of sp³-hybridized carbons (Fsp3) is 0.520. The van der Waals surface area contributed by atoms with E-state index in [-0.39, 0.29) is 11.8 Å². The first-order chi connectivity index (χ1) is 15.5. The fourth-order valence-electron chi connectivity index (χ4n) is 4.73. The maximum atomic E-state index is 13.5. The lowest BCUT2D eigenvalue weighted by atomic mass is 9.95. The van der Waals surface area contributed by atoms with Gasteiger partial charge in [0.05, 0.1) is 17.6 Å². The molecule has 2 heterocycles. The first kappa shape index (κ1) is 22.2. The molecule has 7 nitrogen and oxygen atoms in total. The van der Waals surface area contributed by atoms with Crippen molar-refractivity contribution in [3.05, 3.63) is 53.0 Å². The molecular formula is C25H32N6O. The molecule has 0 bridgehead atoms. The maximum Gasteiger partial charge on any atom is 0.231 e. The highest BCUT2D eigenvalue weighted by Gasteiger charge is 2.32. The van der Waals surface area contributed by atoms with Crippen molar-refractivity contribution in [2.45, 2.75) is 51.5 Å². The molecule has 1 aromatic heterocycles. The van der Waals surface area contributed by atoms with Crippen LogP contribution in [0, 0.1) is 11.3 Å². The zero-order chi connectivity index (χ0) is 22.7. The zero-order valence-corrected chi connectivity index (χ0v) is 19.2. The molecule has 0 saturated carbocycles. The Morgan fingerprint density at radius 3 is 2.56 bits per heavy atom. The second-order valence-electron chi connectivity index (χ2n) is 9.16. The van der Waals surface area contributed by atoms with Crippen molar-refractivity contribution in [3.63, 3.8) is 0 Å². The van der Waals surface area contributed by atoms with Crippen LogP contribution in [0.1, 0.15) is 61.4 Å². The lowest BCUT2D eigenvalue weighted by Crippen LogP contribution is -2.51. The smallest absolute Gasteiger partial charge is 0.231 e. The number of nitrogens with one attached hydrogen (secondary N) is 1. The van der Waals surface area contributed by atoms with Gasteiger partial charge in [-0.25, -0.2) is 9.97 Å². The number of nitriles is 1. The Labute approximate surface area is 190 Å². The highest BCUT2D eigenvalue weighted by atomic mass is 16.2. The summed E-state index contributed by atoms with van der Waals surface area (Å²) in [5.74, 6) is 1.42. The molecule has 2 aliphatic rings. The Kier molecular flexibility index (Phi) is 6.71. The molecule has 0 spiro atoms. The van der Waals surface area contributed by atoms with Gasteiger partial charge in [-0.1, -0.05) is 32.9 Å². The van der Waals surface area contributed by atoms with Crippen LogP contribution >= 0.6 is 0 Å². The molecule has 168 valence electrons. The summed E-state index contributed by atoms with van der Waals surface area (Å²) in [6, 6.07) is 9.84. The summed E-state index contributed by atoms with van der Waals surface area (Å²) in [5.41, 5.74) is 4.04. The second-order valence-corrected chi connectivity index (χ2v) is 9.16. The van der Waals surface area contributed by atoms with Gasteiger partial charge in [0, 0.05) is 50.0 Å². The van der Waals surface area contributed by atoms with Crippen molar-refractivity contribution in [1.29, 1.82) is 5.26 Å². The highest BCUT2D eigenvalue weighted by molar-refractivity contribution is 5.84. The molecule has 1 saturated heterocycles. The molecule has 1 aromatic carbocycles. The summed E-state index contributed by atoms with van der Waals surface area (Å²) in [7, 11) is 0. The average molecular weight is 433 g/mol. The molecule has 32 heavy (non-hydrogen) atoms. The molecule has 1 N–H and O–H groups in total. The molecule has 4 rings (SSSR count). The largest absolute Gasteiger partial charge is 0.353 e. The van der Waals surface area contributed by atoms with Gasteiger partial charge in [0.1, 0.15) is 12.1 Å². The predicted molar refractivity (Wildman–Crippen MR) is 125 cm³/mol. The van der Waals surface area contributed by atoms with E-state index in [2.05, 4.69) is 47.0 Å². The predicted octanol–water partition coefficient (Wildman–Crippen LogP) is 2.83. The number of carbonyl (C=O) groups excluding carboxylic acids is 1. The van der Waals surface area contributed by atoms with Crippen molar-refractivity contribution < 1.29 is 4.79 Å². The quantitative estimate of drug-likeness (QED) is 0.756. The fourth-order valence-corrected chi connectivity index (χ4v) is 4.73. The summed E-state index contributed by atoms with van der Waals surface area (Å²) in [4.78, 5) is 26.9. The van der Waals surface area contributed by atoms with Gasteiger partial charge in [0.15, 0.2) is 0 Å². The van der Waals surface area contributed by atoms with Crippen LogP contribution < -0.4 is 10.2 Å². The lowest BCUT2D eigenvalue weighted by Gasteiger charge is -2.38. The average Bonchev–Trinajstić information content (AvgIpc) is 3.20. The molecular weight excluding hydrogens is 400 g/mol. The van der Waals surface area contributed by atoms with Gasteiger partial charge in [0.25, 0.3) is 0 Å². The Hall–Kier alpha value is -2.98. The minimum Gasteiger partial charge on any atom is -0.353 e. The molecule has 0 radical (unpaired) electrons. The number of hydrogen-bond acceptors (Lipinski definition) is 6. The summed E-state index contributed by atoms with van der Waals surface area (Å²) < 4.78 is 0. The van der Waals surface area contributed by atoms with Gasteiger partial charge >= 0.3 is 0 Å². The number of aryl methyl sites for hydroxylation is 1. The minimum atomic E-state index is -0.264. The van der Waals surface area contributed by atoms with E-state index in [4.69, 9.17) is 5.26 Å². The molecule has 2 aromatic rings. The van der Waals surface area contributed by atoms with E-state index in [0.29, 0.717) is 37.2 Å². The van der Waals surface area contributed by atoms with Crippen molar-refractivity contribution >= 4 is 11.7 Å². The molecule has 2 atom stereocenters. The van der Waals surface area contributed by atoms with Crippen LogP contribution in [0.25, 0.3) is 0 Å². The number of hydrogen-bond donors (Lipinski definition) is 1. The number of benzene rings is 1. The van der Waals surface area contributed by atoms with Gasteiger partial charge in [-0.05, 0) is 36.5 Å². The minimum absolute atomic E-state index is 0.142. The third-order valence-corrected chi connectivity index (χ3v) is 6.61. The topological polar surface area (TPSA) is 85.2 Å². The van der Waals surface area contributed by atoms with Crippen LogP contribution in [0.3, 0.4) is 0 Å². The van der Waals surface area contributed by atoms with Crippen molar-refractivity contribution in [1.82, 2.24) is 20.2 Å². The van der Waals surface area contributed by atoms with E-state index in [1.165, 1.54) is 11.3 Å². The van der Waals surface area contributed by atoms with E-state index in [1.54, 1.807) is 18.5 Å². The molecule has 1 amide bonds. The Bertz CT molecular complexity index is 988. The third kappa shape index (κ3) is 4.61. The van der Waals surface area contributed by atoms with Crippen LogP contribution in [0.5, 0.6) is 0 Å². The first-order valence-electron chi connectivity index (χ1n) is 11.6. The summed E-state index contributed by atoms with van der Waals surface area (Å²) in [6.07, 6.45) is 3.84. The molecule has 1 aliphatic carbocycles. The van der Waals surface area contributed by atoms with Gasteiger partial charge in [0.2, 0.25) is 5.91 Å². The standard InChI is InChI=1S/C25H32N6O/c1-17(2)27-15-21(20-7-5-19(14-26)6-8-20)25(32)31-12-10-30(11-13-31)24-23-18(3)4-9-22(23)28-16-29-24/h5-8,16-18,21,27H,4,9-13,15H2,1-3H3/t18-,21?/m1/s1. The lowest BCUT2D eigenvalue weighted by molar-refractivity contribution is -0.133. The first-order valence-corrected chi connectivity index (χ1v) is 11.6. The van der Waals surface area contributed by atoms with Crippen molar-refractivity contribution in [2.24, 2.45) is 0 Å². The van der Waals surface area contributed by atoms with Crippen LogP contribution in [0.4, 0.5) is 5.82 Å². The number of amides is 1. The molecule has 7 heteroatoms. The van der Waals surface area contributed by atoms with Crippen molar-refractivity contribution in [3.8, 4) is 6.07 Å². The van der Waals surface area contributed by atoms with Crippen LogP contribution in [-0.2, 0) is 11.2 Å². The number of aromatic nitrogens is 2. The number of rotatable bonds is 6. The third-order valence-electron chi connectivity index (χ3n) is 6.61. The van der Waals surface area contributed by atoms with E-state index in [1.807, 2.05) is 17.0 Å². The van der Waals surface area contributed by atoms with Gasteiger partial charge in [-0.3, -0.25) is 4.79 Å². The van der Waals surface area contributed by atoms with E-state index in [0.717, 1.165) is 37.3 Å². The van der Waals surface area contributed by atoms with Crippen molar-refractivity contribution in [2.75, 3.05) is 37.6 Å². The van der Waals surface area contributed by atoms with E-state index < -0.39 is 0 Å². The highest BCUT2D eigenvalue weighted by Crippen LogP contribution is 2.37. The summed E-state index contributed by atoms with van der Waals surface area (Å²) >= 11 is 0. The normalized spacial score (nSPS) is 19.0. The Balaban J connectivity index is 1.47. The van der Waals surface area contributed by atoms with Gasteiger partial charge in [-0.2, -0.15) is 5.26 Å². The van der Waals surface area contributed by atoms with Crippen LogP contribution in [-0.4, -0.2) is 59.5 Å². The number of nitrogens with zero attached hydrogens (tertiary/aromatic N) is 5. The van der Waals surface area contributed by atoms with Crippen LogP contribution in [0.15, 0.2) is 30.6 Å². The Morgan fingerprint density at radius 1 is 1.19 bits per heavy atom. The number of piperazine rings is 1. The van der Waals surface area contributed by atoms with Crippen LogP contribution in [0.2, 0.25) is 0 Å². The number of carbonyl (C=O) groups is 1. The SMILES string of the molecule is CC(C)NCC(C(=O)N1CCN(c2ncnc3c2[C@H](C)CC3)CC1)c1ccc(C#N)cc1. The van der Waals surface area contributed by atoms with Gasteiger partial charge < -0.3 is 15.1 Å². The van der Waals surface area contributed by atoms with E-state index in [9.17, 15) is 4.79 Å². The number of anilines is 1. The summed E-state index contributed by atoms with van der Waals surface area (Å²) in [6.45, 7) is 9.92. The monoisotopic (exact) mass is 432 g/mol. The summed E-state index contributed by atoms with van der Waals surface area (Å²) in [5, 5.41) is 12.5. The maximum absolute atomic E-state index is 13.5. The number of fused-ring (bicyclic) bond motifs is 1. The second kappa shape index (κ2) is 9.66. The van der Waals surface area contributed by atoms with E-state index >= 15 is 0 Å². The molecule has 1 unspecified atom stereocenters. The molecule has 1 fully saturated rings. The zero-order valence-electron chi connectivity index (χ0n) is 19.2. The molecule has 1 aliphatic heterocycles.